The topological polar surface area (TPSA) is 30.5 Å². The van der Waals surface area contributed by atoms with Crippen molar-refractivity contribution >= 4 is 5.69 Å². The Morgan fingerprint density at radius 2 is 1.71 bits per heavy atom. The smallest absolute Gasteiger partial charge is 0.127 e. The number of ether oxygens (including phenoxy) is 2. The first-order valence-corrected chi connectivity index (χ1v) is 7.52. The summed E-state index contributed by atoms with van der Waals surface area (Å²) in [5.41, 5.74) is 1.10. The van der Waals surface area contributed by atoms with Crippen LogP contribution >= 0.6 is 0 Å². The van der Waals surface area contributed by atoms with Gasteiger partial charge >= 0.3 is 0 Å². The minimum absolute atomic E-state index is 0.334. The van der Waals surface area contributed by atoms with E-state index in [9.17, 15) is 0 Å². The summed E-state index contributed by atoms with van der Waals surface area (Å²) in [6.45, 7) is 3.00. The van der Waals surface area contributed by atoms with Crippen LogP contribution in [0.1, 0.15) is 19.8 Å². The molecule has 3 nitrogen and oxygen atoms in total. The lowest BCUT2D eigenvalue weighted by atomic mass is 10.2. The van der Waals surface area contributed by atoms with Gasteiger partial charge in [-0.25, -0.2) is 0 Å². The molecule has 21 heavy (non-hydrogen) atoms. The number of anilines is 1. The van der Waals surface area contributed by atoms with Crippen LogP contribution in [0.25, 0.3) is 0 Å². The van der Waals surface area contributed by atoms with Gasteiger partial charge in [0.2, 0.25) is 0 Å². The Bertz CT molecular complexity index is 553. The van der Waals surface area contributed by atoms with Gasteiger partial charge in [-0.2, -0.15) is 0 Å². The Labute approximate surface area is 125 Å². The Hall–Kier alpha value is -2.00. The average molecular weight is 283 g/mol. The highest BCUT2D eigenvalue weighted by Gasteiger charge is 2.21. The second-order valence-electron chi connectivity index (χ2n) is 5.47. The maximum absolute atomic E-state index is 5.80. The van der Waals surface area contributed by atoms with Crippen molar-refractivity contribution < 1.29 is 9.47 Å². The highest BCUT2D eigenvalue weighted by atomic mass is 16.5. The molecule has 2 aromatic rings. The molecule has 0 saturated carbocycles. The minimum atomic E-state index is 0.334. The van der Waals surface area contributed by atoms with Crippen LogP contribution in [-0.4, -0.2) is 18.8 Å². The van der Waals surface area contributed by atoms with Gasteiger partial charge in [-0.3, -0.25) is 0 Å². The fourth-order valence-electron chi connectivity index (χ4n) is 2.53. The monoisotopic (exact) mass is 283 g/mol. The zero-order valence-electron chi connectivity index (χ0n) is 12.3. The Morgan fingerprint density at radius 3 is 2.38 bits per heavy atom. The summed E-state index contributed by atoms with van der Waals surface area (Å²) in [4.78, 5) is 0. The number of benzene rings is 2. The maximum atomic E-state index is 5.80. The predicted molar refractivity (Wildman–Crippen MR) is 85.0 cm³/mol. The molecule has 110 valence electrons. The van der Waals surface area contributed by atoms with E-state index in [1.54, 1.807) is 0 Å². The number of hydrogen-bond donors (Lipinski definition) is 1. The normalized spacial score (nSPS) is 21.2. The third kappa shape index (κ3) is 3.99. The van der Waals surface area contributed by atoms with Crippen LogP contribution in [0, 0.1) is 0 Å². The largest absolute Gasteiger partial charge is 0.457 e. The van der Waals surface area contributed by atoms with E-state index in [0.29, 0.717) is 12.2 Å². The van der Waals surface area contributed by atoms with Crippen molar-refractivity contribution in [3.8, 4) is 11.5 Å². The van der Waals surface area contributed by atoms with E-state index >= 15 is 0 Å². The SMILES string of the molecule is CC1CCC(CNc2ccc(Oc3ccccc3)cc2)O1. The molecule has 1 aliphatic heterocycles. The molecule has 2 atom stereocenters. The van der Waals surface area contributed by atoms with Crippen LogP contribution in [0.5, 0.6) is 11.5 Å². The Morgan fingerprint density at radius 1 is 1.00 bits per heavy atom. The molecule has 3 heteroatoms. The first-order valence-electron chi connectivity index (χ1n) is 7.52. The van der Waals surface area contributed by atoms with E-state index in [1.165, 1.54) is 0 Å². The van der Waals surface area contributed by atoms with Gasteiger partial charge in [0.1, 0.15) is 11.5 Å². The number of hydrogen-bond acceptors (Lipinski definition) is 3. The molecule has 0 spiro atoms. The van der Waals surface area contributed by atoms with E-state index in [0.717, 1.165) is 36.6 Å². The molecule has 0 aliphatic carbocycles. The highest BCUT2D eigenvalue weighted by Crippen LogP contribution is 2.23. The lowest BCUT2D eigenvalue weighted by Crippen LogP contribution is -2.19. The summed E-state index contributed by atoms with van der Waals surface area (Å²) < 4.78 is 11.6. The van der Waals surface area contributed by atoms with Gasteiger partial charge in [-0.1, -0.05) is 18.2 Å². The zero-order valence-corrected chi connectivity index (χ0v) is 12.3. The maximum Gasteiger partial charge on any atom is 0.127 e. The molecule has 2 unspecified atom stereocenters. The van der Waals surface area contributed by atoms with Crippen LogP contribution in [0.3, 0.4) is 0 Å². The summed E-state index contributed by atoms with van der Waals surface area (Å²) in [6, 6.07) is 17.8. The van der Waals surface area contributed by atoms with Crippen molar-refractivity contribution in [2.24, 2.45) is 0 Å². The molecule has 1 saturated heterocycles. The molecule has 3 rings (SSSR count). The quantitative estimate of drug-likeness (QED) is 0.879. The van der Waals surface area contributed by atoms with Gasteiger partial charge in [-0.05, 0) is 56.2 Å². The minimum Gasteiger partial charge on any atom is -0.457 e. The van der Waals surface area contributed by atoms with E-state index in [-0.39, 0.29) is 0 Å². The summed E-state index contributed by atoms with van der Waals surface area (Å²) in [6.07, 6.45) is 3.04. The fraction of sp³-hybridized carbons (Fsp3) is 0.333. The highest BCUT2D eigenvalue weighted by molar-refractivity contribution is 5.47. The number of nitrogens with one attached hydrogen (secondary N) is 1. The lowest BCUT2D eigenvalue weighted by Gasteiger charge is -2.13. The van der Waals surface area contributed by atoms with Gasteiger partial charge in [0, 0.05) is 12.2 Å². The first kappa shape index (κ1) is 14.0. The third-order valence-corrected chi connectivity index (χ3v) is 3.69. The van der Waals surface area contributed by atoms with Gasteiger partial charge in [0.05, 0.1) is 12.2 Å². The van der Waals surface area contributed by atoms with E-state index in [4.69, 9.17) is 9.47 Å². The molecule has 0 radical (unpaired) electrons. The fourth-order valence-corrected chi connectivity index (χ4v) is 2.53. The summed E-state index contributed by atoms with van der Waals surface area (Å²) in [7, 11) is 0. The van der Waals surface area contributed by atoms with Gasteiger partial charge in [0.25, 0.3) is 0 Å². The standard InChI is InChI=1S/C18H21NO2/c1-14-7-10-18(20-14)13-19-15-8-11-17(12-9-15)21-16-5-3-2-4-6-16/h2-6,8-9,11-12,14,18-19H,7,10,13H2,1H3. The van der Waals surface area contributed by atoms with Crippen LogP contribution < -0.4 is 10.1 Å². The van der Waals surface area contributed by atoms with Crippen LogP contribution in [0.2, 0.25) is 0 Å². The van der Waals surface area contributed by atoms with Crippen molar-refractivity contribution in [2.75, 3.05) is 11.9 Å². The molecule has 0 aromatic heterocycles. The Kier molecular flexibility index (Phi) is 4.41. The van der Waals surface area contributed by atoms with Gasteiger partial charge in [-0.15, -0.1) is 0 Å². The van der Waals surface area contributed by atoms with Gasteiger partial charge in [0.15, 0.2) is 0 Å². The molecule has 0 bridgehead atoms. The van der Waals surface area contributed by atoms with E-state index in [1.807, 2.05) is 54.6 Å². The Balaban J connectivity index is 1.52. The summed E-state index contributed by atoms with van der Waals surface area (Å²) >= 11 is 0. The van der Waals surface area contributed by atoms with E-state index in [2.05, 4.69) is 12.2 Å². The van der Waals surface area contributed by atoms with E-state index < -0.39 is 0 Å². The second kappa shape index (κ2) is 6.64. The molecule has 1 fully saturated rings. The molecular weight excluding hydrogens is 262 g/mol. The second-order valence-corrected chi connectivity index (χ2v) is 5.47. The number of rotatable bonds is 5. The third-order valence-electron chi connectivity index (χ3n) is 3.69. The molecule has 2 aromatic carbocycles. The molecule has 1 aliphatic rings. The van der Waals surface area contributed by atoms with Gasteiger partial charge < -0.3 is 14.8 Å². The zero-order chi connectivity index (χ0) is 14.5. The molecule has 0 amide bonds. The predicted octanol–water partition coefficient (Wildman–Crippen LogP) is 4.46. The lowest BCUT2D eigenvalue weighted by molar-refractivity contribution is 0.0637. The average Bonchev–Trinajstić information content (AvgIpc) is 2.93. The van der Waals surface area contributed by atoms with Crippen LogP contribution in [0.15, 0.2) is 54.6 Å². The molecule has 1 N–H and O–H groups in total. The van der Waals surface area contributed by atoms with Crippen molar-refractivity contribution in [3.05, 3.63) is 54.6 Å². The van der Waals surface area contributed by atoms with Crippen molar-refractivity contribution in [1.82, 2.24) is 0 Å². The van der Waals surface area contributed by atoms with Crippen LogP contribution in [0.4, 0.5) is 5.69 Å². The summed E-state index contributed by atoms with van der Waals surface area (Å²) in [5.74, 6) is 1.70. The first-order chi connectivity index (χ1) is 10.3. The number of para-hydroxylation sites is 1. The van der Waals surface area contributed by atoms with Crippen LogP contribution in [-0.2, 0) is 4.74 Å². The summed E-state index contributed by atoms with van der Waals surface area (Å²) in [5, 5.41) is 3.42. The van der Waals surface area contributed by atoms with Crippen molar-refractivity contribution in [1.29, 1.82) is 0 Å². The van der Waals surface area contributed by atoms with Crippen molar-refractivity contribution in [2.45, 2.75) is 32.0 Å². The molecular formula is C18H21NO2. The molecule has 1 heterocycles. The van der Waals surface area contributed by atoms with Crippen molar-refractivity contribution in [3.63, 3.8) is 0 Å².